The standard InChI is InChI=1S/C25H28F2N6O3/c1-32-15-17(3-4-21(32)34)13-16-7-11-28-20(14-16)30-24(36)22(18-5-9-25(26,27)10-6-18)31-23(35)19-8-12-29-33(19)2/h3-4,7-8,11-12,14-15,18,22H,5-6,9-10,13H2,1-2H3,(H,31,35)(H,28,30,36). The van der Waals surface area contributed by atoms with Gasteiger partial charge in [0.1, 0.15) is 17.6 Å². The molecule has 1 aliphatic carbocycles. The SMILES string of the molecule is Cn1nccc1C(=O)NC(C(=O)Nc1cc(Cc2ccc(=O)n(C)c2)ccn1)C1CCC(F)(F)CC1. The van der Waals surface area contributed by atoms with Crippen LogP contribution in [0.3, 0.4) is 0 Å². The summed E-state index contributed by atoms with van der Waals surface area (Å²) in [4.78, 5) is 42.0. The number of anilines is 1. The van der Waals surface area contributed by atoms with Crippen molar-refractivity contribution in [2.24, 2.45) is 20.0 Å². The molecule has 2 N–H and O–H groups in total. The molecule has 1 fully saturated rings. The zero-order valence-electron chi connectivity index (χ0n) is 20.1. The summed E-state index contributed by atoms with van der Waals surface area (Å²) in [5.41, 5.74) is 1.91. The quantitative estimate of drug-likeness (QED) is 0.520. The van der Waals surface area contributed by atoms with E-state index in [0.717, 1.165) is 11.1 Å². The van der Waals surface area contributed by atoms with Crippen molar-refractivity contribution in [2.75, 3.05) is 5.32 Å². The highest BCUT2D eigenvalue weighted by Gasteiger charge is 2.40. The van der Waals surface area contributed by atoms with Gasteiger partial charge < -0.3 is 15.2 Å². The first kappa shape index (κ1) is 25.2. The lowest BCUT2D eigenvalue weighted by Crippen LogP contribution is -2.50. The summed E-state index contributed by atoms with van der Waals surface area (Å²) < 4.78 is 30.4. The molecule has 0 bridgehead atoms. The van der Waals surface area contributed by atoms with Gasteiger partial charge in [-0.05, 0) is 54.5 Å². The van der Waals surface area contributed by atoms with Gasteiger partial charge in [-0.15, -0.1) is 0 Å². The third-order valence-electron chi connectivity index (χ3n) is 6.49. The molecule has 36 heavy (non-hydrogen) atoms. The number of amides is 2. The molecule has 3 heterocycles. The van der Waals surface area contributed by atoms with Crippen LogP contribution < -0.4 is 16.2 Å². The first-order valence-electron chi connectivity index (χ1n) is 11.7. The number of hydrogen-bond acceptors (Lipinski definition) is 5. The molecular weight excluding hydrogens is 470 g/mol. The van der Waals surface area contributed by atoms with E-state index in [9.17, 15) is 23.2 Å². The van der Waals surface area contributed by atoms with Crippen LogP contribution in [0.1, 0.15) is 47.3 Å². The van der Waals surface area contributed by atoms with E-state index in [1.54, 1.807) is 44.7 Å². The van der Waals surface area contributed by atoms with Gasteiger partial charge in [-0.25, -0.2) is 13.8 Å². The Bertz CT molecular complexity index is 1310. The average molecular weight is 499 g/mol. The van der Waals surface area contributed by atoms with Gasteiger partial charge in [0.15, 0.2) is 0 Å². The summed E-state index contributed by atoms with van der Waals surface area (Å²) in [7, 11) is 3.27. The Kier molecular flexibility index (Phi) is 7.27. The first-order chi connectivity index (χ1) is 17.1. The van der Waals surface area contributed by atoms with Crippen LogP contribution in [-0.4, -0.2) is 43.1 Å². The van der Waals surface area contributed by atoms with Crippen molar-refractivity contribution < 1.29 is 18.4 Å². The average Bonchev–Trinajstić information content (AvgIpc) is 3.26. The van der Waals surface area contributed by atoms with Crippen molar-refractivity contribution in [3.63, 3.8) is 0 Å². The minimum absolute atomic E-state index is 0.108. The van der Waals surface area contributed by atoms with Crippen LogP contribution >= 0.6 is 0 Å². The summed E-state index contributed by atoms with van der Waals surface area (Å²) in [6, 6.07) is 7.23. The van der Waals surface area contributed by atoms with Gasteiger partial charge in [0.05, 0.1) is 0 Å². The van der Waals surface area contributed by atoms with E-state index in [1.807, 2.05) is 0 Å². The molecule has 11 heteroatoms. The van der Waals surface area contributed by atoms with E-state index in [-0.39, 0.29) is 42.8 Å². The van der Waals surface area contributed by atoms with Crippen molar-refractivity contribution in [1.82, 2.24) is 24.6 Å². The maximum absolute atomic E-state index is 13.8. The highest BCUT2D eigenvalue weighted by molar-refractivity contribution is 6.00. The highest BCUT2D eigenvalue weighted by Crippen LogP contribution is 2.37. The summed E-state index contributed by atoms with van der Waals surface area (Å²) >= 11 is 0. The Morgan fingerprint density at radius 2 is 1.86 bits per heavy atom. The van der Waals surface area contributed by atoms with Crippen LogP contribution in [0.15, 0.2) is 53.7 Å². The minimum Gasteiger partial charge on any atom is -0.339 e. The lowest BCUT2D eigenvalue weighted by Gasteiger charge is -2.33. The smallest absolute Gasteiger partial charge is 0.270 e. The van der Waals surface area contributed by atoms with Crippen molar-refractivity contribution >= 4 is 17.6 Å². The summed E-state index contributed by atoms with van der Waals surface area (Å²) in [5.74, 6) is -3.96. The molecule has 0 radical (unpaired) electrons. The van der Waals surface area contributed by atoms with Gasteiger partial charge >= 0.3 is 0 Å². The molecular formula is C25H28F2N6O3. The van der Waals surface area contributed by atoms with E-state index in [2.05, 4.69) is 20.7 Å². The lowest BCUT2D eigenvalue weighted by atomic mass is 9.81. The number of halogens is 2. The molecule has 3 aromatic rings. The molecule has 1 unspecified atom stereocenters. The van der Waals surface area contributed by atoms with Crippen molar-refractivity contribution in [2.45, 2.75) is 44.1 Å². The molecule has 190 valence electrons. The second-order valence-corrected chi connectivity index (χ2v) is 9.19. The number of rotatable bonds is 7. The number of aryl methyl sites for hydroxylation is 2. The van der Waals surface area contributed by atoms with Gasteiger partial charge in [-0.2, -0.15) is 5.10 Å². The van der Waals surface area contributed by atoms with Gasteiger partial charge in [0.2, 0.25) is 17.4 Å². The number of carbonyl (C=O) groups excluding carboxylic acids is 2. The predicted molar refractivity (Wildman–Crippen MR) is 129 cm³/mol. The molecule has 4 rings (SSSR count). The number of carbonyl (C=O) groups is 2. The lowest BCUT2D eigenvalue weighted by molar-refractivity contribution is -0.121. The van der Waals surface area contributed by atoms with Gasteiger partial charge in [0, 0.05) is 51.6 Å². The number of nitrogens with one attached hydrogen (secondary N) is 2. The van der Waals surface area contributed by atoms with Gasteiger partial charge in [-0.3, -0.25) is 19.1 Å². The van der Waals surface area contributed by atoms with Gasteiger partial charge in [0.25, 0.3) is 5.91 Å². The summed E-state index contributed by atoms with van der Waals surface area (Å²) in [6.07, 6.45) is 4.81. The van der Waals surface area contributed by atoms with Crippen LogP contribution in [0.2, 0.25) is 0 Å². The number of nitrogens with zero attached hydrogens (tertiary/aromatic N) is 4. The molecule has 1 aliphatic rings. The van der Waals surface area contributed by atoms with E-state index in [0.29, 0.717) is 6.42 Å². The molecule has 0 aliphatic heterocycles. The number of pyridine rings is 2. The first-order valence-corrected chi connectivity index (χ1v) is 11.7. The normalized spacial score (nSPS) is 16.3. The number of hydrogen-bond donors (Lipinski definition) is 2. The second kappa shape index (κ2) is 10.4. The fraction of sp³-hybridized carbons (Fsp3) is 0.400. The Labute approximate surface area is 206 Å². The third kappa shape index (κ3) is 6.02. The Morgan fingerprint density at radius 1 is 1.11 bits per heavy atom. The fourth-order valence-corrected chi connectivity index (χ4v) is 4.45. The zero-order chi connectivity index (χ0) is 25.9. The van der Waals surface area contributed by atoms with Crippen LogP contribution in [0.25, 0.3) is 0 Å². The van der Waals surface area contributed by atoms with E-state index < -0.39 is 29.7 Å². The fourth-order valence-electron chi connectivity index (χ4n) is 4.45. The maximum Gasteiger partial charge on any atom is 0.270 e. The topological polar surface area (TPSA) is 111 Å². The highest BCUT2D eigenvalue weighted by atomic mass is 19.3. The van der Waals surface area contributed by atoms with Crippen LogP contribution in [0, 0.1) is 5.92 Å². The monoisotopic (exact) mass is 498 g/mol. The molecule has 0 saturated heterocycles. The largest absolute Gasteiger partial charge is 0.339 e. The number of aromatic nitrogens is 4. The maximum atomic E-state index is 13.8. The molecule has 3 aromatic heterocycles. The van der Waals surface area contributed by atoms with Crippen molar-refractivity contribution in [1.29, 1.82) is 0 Å². The van der Waals surface area contributed by atoms with Crippen LogP contribution in [-0.2, 0) is 25.3 Å². The van der Waals surface area contributed by atoms with E-state index in [4.69, 9.17) is 0 Å². The number of alkyl halides is 2. The van der Waals surface area contributed by atoms with Crippen LogP contribution in [0.4, 0.5) is 14.6 Å². The van der Waals surface area contributed by atoms with E-state index in [1.165, 1.54) is 27.6 Å². The molecule has 2 amide bonds. The predicted octanol–water partition coefficient (Wildman–Crippen LogP) is 2.67. The zero-order valence-corrected chi connectivity index (χ0v) is 20.1. The Morgan fingerprint density at radius 3 is 2.53 bits per heavy atom. The third-order valence-corrected chi connectivity index (χ3v) is 6.49. The van der Waals surface area contributed by atoms with Gasteiger partial charge in [-0.1, -0.05) is 6.07 Å². The molecule has 0 aromatic carbocycles. The van der Waals surface area contributed by atoms with Crippen molar-refractivity contribution in [3.05, 3.63) is 76.1 Å². The second-order valence-electron chi connectivity index (χ2n) is 9.19. The van der Waals surface area contributed by atoms with Crippen molar-refractivity contribution in [3.8, 4) is 0 Å². The van der Waals surface area contributed by atoms with E-state index >= 15 is 0 Å². The summed E-state index contributed by atoms with van der Waals surface area (Å²) in [6.45, 7) is 0. The minimum atomic E-state index is -2.76. The molecule has 1 saturated carbocycles. The summed E-state index contributed by atoms with van der Waals surface area (Å²) in [5, 5.41) is 9.44. The Hall–Kier alpha value is -3.89. The molecule has 1 atom stereocenters. The van der Waals surface area contributed by atoms with Crippen LogP contribution in [0.5, 0.6) is 0 Å². The molecule has 0 spiro atoms. The Balaban J connectivity index is 1.51. The molecule has 9 nitrogen and oxygen atoms in total.